The van der Waals surface area contributed by atoms with Crippen LogP contribution < -0.4 is 10.1 Å². The molecule has 1 saturated heterocycles. The van der Waals surface area contributed by atoms with Crippen LogP contribution in [0.15, 0.2) is 42.5 Å². The van der Waals surface area contributed by atoms with Crippen molar-refractivity contribution < 1.29 is 14.3 Å². The first-order valence-corrected chi connectivity index (χ1v) is 11.2. The van der Waals surface area contributed by atoms with Gasteiger partial charge in [0.05, 0.1) is 0 Å². The van der Waals surface area contributed by atoms with E-state index in [4.69, 9.17) is 27.9 Å². The monoisotopic (exact) mass is 461 g/mol. The van der Waals surface area contributed by atoms with Crippen molar-refractivity contribution in [1.82, 2.24) is 15.1 Å². The van der Waals surface area contributed by atoms with Crippen molar-refractivity contribution in [2.45, 2.75) is 19.4 Å². The number of benzene rings is 2. The SMILES string of the molecule is O=C(COc1ccc(Cl)cc1)NCC1CCN(C(=O)N2CCc3cc(Cl)ccc3C2)C1. The first-order chi connectivity index (χ1) is 15.0. The molecule has 31 heavy (non-hydrogen) atoms. The Morgan fingerprint density at radius 3 is 2.58 bits per heavy atom. The van der Waals surface area contributed by atoms with Gasteiger partial charge in [0.2, 0.25) is 0 Å². The van der Waals surface area contributed by atoms with Gasteiger partial charge >= 0.3 is 6.03 Å². The zero-order valence-corrected chi connectivity index (χ0v) is 18.7. The summed E-state index contributed by atoms with van der Waals surface area (Å²) in [5.41, 5.74) is 2.38. The highest BCUT2D eigenvalue weighted by molar-refractivity contribution is 6.30. The molecule has 0 bridgehead atoms. The Balaban J connectivity index is 1.20. The molecule has 0 spiro atoms. The number of carbonyl (C=O) groups excluding carboxylic acids is 2. The molecular weight excluding hydrogens is 437 g/mol. The standard InChI is InChI=1S/C23H25Cl2N3O3/c24-19-3-5-21(6-4-19)31-15-22(29)26-12-16-7-9-27(13-16)23(30)28-10-8-17-11-20(25)2-1-18(17)14-28/h1-6,11,16H,7-10,12-15H2,(H,26,29). The number of ether oxygens (including phenoxy) is 1. The van der Waals surface area contributed by atoms with Crippen molar-refractivity contribution in [2.24, 2.45) is 5.92 Å². The number of urea groups is 1. The molecule has 2 aliphatic heterocycles. The van der Waals surface area contributed by atoms with E-state index in [0.29, 0.717) is 43.5 Å². The predicted molar refractivity (Wildman–Crippen MR) is 121 cm³/mol. The van der Waals surface area contributed by atoms with E-state index in [1.165, 1.54) is 5.56 Å². The molecule has 0 aliphatic carbocycles. The molecular formula is C23H25Cl2N3O3. The van der Waals surface area contributed by atoms with Crippen LogP contribution in [0.3, 0.4) is 0 Å². The number of amides is 3. The highest BCUT2D eigenvalue weighted by Crippen LogP contribution is 2.25. The second kappa shape index (κ2) is 9.79. The van der Waals surface area contributed by atoms with Gasteiger partial charge in [0.1, 0.15) is 5.75 Å². The predicted octanol–water partition coefficient (Wildman–Crippen LogP) is 3.99. The fourth-order valence-electron chi connectivity index (χ4n) is 4.05. The van der Waals surface area contributed by atoms with E-state index in [1.54, 1.807) is 24.3 Å². The first-order valence-electron chi connectivity index (χ1n) is 10.4. The van der Waals surface area contributed by atoms with Gasteiger partial charge in [-0.1, -0.05) is 29.3 Å². The van der Waals surface area contributed by atoms with Gasteiger partial charge < -0.3 is 19.9 Å². The summed E-state index contributed by atoms with van der Waals surface area (Å²) in [6, 6.07) is 12.8. The molecule has 0 saturated carbocycles. The molecule has 1 N–H and O–H groups in total. The molecule has 164 valence electrons. The summed E-state index contributed by atoms with van der Waals surface area (Å²) in [6.07, 6.45) is 1.70. The van der Waals surface area contributed by atoms with Crippen LogP contribution in [-0.2, 0) is 17.8 Å². The normalized spacial score (nSPS) is 17.9. The first kappa shape index (κ1) is 21.8. The van der Waals surface area contributed by atoms with Crippen LogP contribution in [0.1, 0.15) is 17.5 Å². The van der Waals surface area contributed by atoms with Crippen LogP contribution in [0.4, 0.5) is 4.79 Å². The Labute approximate surface area is 192 Å². The highest BCUT2D eigenvalue weighted by atomic mass is 35.5. The number of rotatable bonds is 5. The average molecular weight is 462 g/mol. The number of halogens is 2. The van der Waals surface area contributed by atoms with E-state index >= 15 is 0 Å². The Morgan fingerprint density at radius 1 is 1.00 bits per heavy atom. The topological polar surface area (TPSA) is 61.9 Å². The molecule has 6 nitrogen and oxygen atoms in total. The van der Waals surface area contributed by atoms with Crippen LogP contribution in [0.5, 0.6) is 5.75 Å². The van der Waals surface area contributed by atoms with Gasteiger partial charge in [-0.3, -0.25) is 4.79 Å². The number of likely N-dealkylation sites (tertiary alicyclic amines) is 1. The number of hydrogen-bond donors (Lipinski definition) is 1. The third-order valence-corrected chi connectivity index (χ3v) is 6.27. The summed E-state index contributed by atoms with van der Waals surface area (Å²) in [7, 11) is 0. The van der Waals surface area contributed by atoms with Crippen molar-refractivity contribution in [2.75, 3.05) is 32.8 Å². The van der Waals surface area contributed by atoms with E-state index in [-0.39, 0.29) is 24.5 Å². The number of carbonyl (C=O) groups is 2. The molecule has 0 radical (unpaired) electrons. The zero-order valence-electron chi connectivity index (χ0n) is 17.2. The van der Waals surface area contributed by atoms with Gasteiger partial charge in [0, 0.05) is 42.8 Å². The van der Waals surface area contributed by atoms with Crippen LogP contribution >= 0.6 is 23.2 Å². The summed E-state index contributed by atoms with van der Waals surface area (Å²) in [4.78, 5) is 28.8. The second-order valence-electron chi connectivity index (χ2n) is 8.01. The molecule has 4 rings (SSSR count). The summed E-state index contributed by atoms with van der Waals surface area (Å²) < 4.78 is 5.46. The number of nitrogens with zero attached hydrogens (tertiary/aromatic N) is 2. The lowest BCUT2D eigenvalue weighted by Gasteiger charge is -2.32. The molecule has 1 atom stereocenters. The fourth-order valence-corrected chi connectivity index (χ4v) is 4.37. The minimum absolute atomic E-state index is 0.0474. The Morgan fingerprint density at radius 2 is 1.77 bits per heavy atom. The molecule has 3 amide bonds. The lowest BCUT2D eigenvalue weighted by molar-refractivity contribution is -0.123. The molecule has 2 aromatic carbocycles. The maximum Gasteiger partial charge on any atom is 0.320 e. The second-order valence-corrected chi connectivity index (χ2v) is 8.89. The largest absolute Gasteiger partial charge is 0.484 e. The molecule has 2 aliphatic rings. The van der Waals surface area contributed by atoms with Crippen LogP contribution in [0.2, 0.25) is 10.0 Å². The van der Waals surface area contributed by atoms with Gasteiger partial charge in [-0.15, -0.1) is 0 Å². The Kier molecular flexibility index (Phi) is 6.88. The number of hydrogen-bond acceptors (Lipinski definition) is 3. The molecule has 8 heteroatoms. The smallest absolute Gasteiger partial charge is 0.320 e. The molecule has 2 heterocycles. The van der Waals surface area contributed by atoms with E-state index < -0.39 is 0 Å². The van der Waals surface area contributed by atoms with E-state index in [0.717, 1.165) is 23.4 Å². The average Bonchev–Trinajstić information content (AvgIpc) is 3.25. The van der Waals surface area contributed by atoms with Gasteiger partial charge in [-0.25, -0.2) is 4.79 Å². The summed E-state index contributed by atoms with van der Waals surface area (Å²) in [5, 5.41) is 4.27. The molecule has 0 aromatic heterocycles. The Bertz CT molecular complexity index is 952. The Hall–Kier alpha value is -2.44. The molecule has 2 aromatic rings. The summed E-state index contributed by atoms with van der Waals surface area (Å²) >= 11 is 11.9. The van der Waals surface area contributed by atoms with Crippen LogP contribution in [0.25, 0.3) is 0 Å². The van der Waals surface area contributed by atoms with Gasteiger partial charge in [0.15, 0.2) is 6.61 Å². The van der Waals surface area contributed by atoms with Gasteiger partial charge in [0.25, 0.3) is 5.91 Å². The number of fused-ring (bicyclic) bond motifs is 1. The maximum absolute atomic E-state index is 13.0. The van der Waals surface area contributed by atoms with Crippen molar-refractivity contribution in [3.05, 3.63) is 63.6 Å². The minimum Gasteiger partial charge on any atom is -0.484 e. The van der Waals surface area contributed by atoms with Crippen LogP contribution in [0, 0.1) is 5.92 Å². The fraction of sp³-hybridized carbons (Fsp3) is 0.391. The van der Waals surface area contributed by atoms with Crippen LogP contribution in [-0.4, -0.2) is 54.5 Å². The van der Waals surface area contributed by atoms with Crippen molar-refractivity contribution in [3.63, 3.8) is 0 Å². The highest BCUT2D eigenvalue weighted by Gasteiger charge is 2.31. The minimum atomic E-state index is -0.175. The van der Waals surface area contributed by atoms with Crippen molar-refractivity contribution >= 4 is 35.1 Å². The molecule has 1 unspecified atom stereocenters. The van der Waals surface area contributed by atoms with Crippen molar-refractivity contribution in [1.29, 1.82) is 0 Å². The lowest BCUT2D eigenvalue weighted by atomic mass is 10.0. The summed E-state index contributed by atoms with van der Waals surface area (Å²) in [5.74, 6) is 0.674. The van der Waals surface area contributed by atoms with E-state index in [1.807, 2.05) is 28.0 Å². The third-order valence-electron chi connectivity index (χ3n) is 5.78. The zero-order chi connectivity index (χ0) is 21.8. The van der Waals surface area contributed by atoms with Gasteiger partial charge in [-0.2, -0.15) is 0 Å². The molecule has 1 fully saturated rings. The quantitative estimate of drug-likeness (QED) is 0.731. The van der Waals surface area contributed by atoms with E-state index in [9.17, 15) is 9.59 Å². The lowest BCUT2D eigenvalue weighted by Crippen LogP contribution is -2.44. The van der Waals surface area contributed by atoms with Crippen molar-refractivity contribution in [3.8, 4) is 5.75 Å². The number of nitrogens with one attached hydrogen (secondary N) is 1. The van der Waals surface area contributed by atoms with Gasteiger partial charge in [-0.05, 0) is 66.3 Å². The maximum atomic E-state index is 13.0. The van der Waals surface area contributed by atoms with E-state index in [2.05, 4.69) is 5.32 Å². The third kappa shape index (κ3) is 5.63. The summed E-state index contributed by atoms with van der Waals surface area (Å²) in [6.45, 7) is 3.17.